The summed E-state index contributed by atoms with van der Waals surface area (Å²) < 4.78 is 12.0. The Morgan fingerprint density at radius 1 is 1.09 bits per heavy atom. The molecule has 1 aromatic carbocycles. The Balaban J connectivity index is 1.21. The molecule has 1 atom stereocenters. The molecule has 2 N–H and O–H groups in total. The molecule has 3 aromatic rings. The Morgan fingerprint density at radius 2 is 1.82 bits per heavy atom. The fraction of sp³-hybridized carbons (Fsp3) is 0.593. The van der Waals surface area contributed by atoms with Crippen LogP contribution in [0, 0.1) is 12.3 Å². The van der Waals surface area contributed by atoms with Crippen molar-refractivity contribution in [2.24, 2.45) is 5.41 Å². The molecule has 0 bridgehead atoms. The van der Waals surface area contributed by atoms with Crippen molar-refractivity contribution in [2.45, 2.75) is 77.7 Å². The van der Waals surface area contributed by atoms with Crippen LogP contribution in [0.3, 0.4) is 0 Å². The van der Waals surface area contributed by atoms with Crippen LogP contribution >= 0.6 is 0 Å². The molecule has 2 fully saturated rings. The van der Waals surface area contributed by atoms with Crippen molar-refractivity contribution in [1.29, 1.82) is 0 Å². The van der Waals surface area contributed by atoms with Gasteiger partial charge in [-0.1, -0.05) is 13.0 Å². The lowest BCUT2D eigenvalue weighted by molar-refractivity contribution is -0.290. The van der Waals surface area contributed by atoms with Gasteiger partial charge in [-0.05, 0) is 82.7 Å². The Bertz CT molecular complexity index is 1090. The normalized spacial score (nSPS) is 21.8. The van der Waals surface area contributed by atoms with Crippen LogP contribution in [0.5, 0.6) is 0 Å². The summed E-state index contributed by atoms with van der Waals surface area (Å²) in [4.78, 5) is 13.9. The smallest absolute Gasteiger partial charge is 0.162 e. The van der Waals surface area contributed by atoms with E-state index >= 15 is 0 Å². The average Bonchev–Trinajstić information content (AvgIpc) is 3.42. The number of rotatable bonds is 5. The summed E-state index contributed by atoms with van der Waals surface area (Å²) in [5.74, 6) is 0.793. The number of nitrogens with one attached hydrogen (secondary N) is 2. The third-order valence-electron chi connectivity index (χ3n) is 7.88. The van der Waals surface area contributed by atoms with Gasteiger partial charge in [0.1, 0.15) is 5.82 Å². The largest absolute Gasteiger partial charge is 0.358 e. The minimum Gasteiger partial charge on any atom is -0.358 e. The predicted octanol–water partition coefficient (Wildman–Crippen LogP) is 5.49. The minimum atomic E-state index is -0.426. The molecule has 6 heteroatoms. The van der Waals surface area contributed by atoms with Crippen LogP contribution in [-0.2, 0) is 16.0 Å². The van der Waals surface area contributed by atoms with Gasteiger partial charge in [-0.15, -0.1) is 0 Å². The maximum Gasteiger partial charge on any atom is 0.162 e. The molecule has 33 heavy (non-hydrogen) atoms. The number of ether oxygens (including phenoxy) is 2. The third kappa shape index (κ3) is 4.75. The lowest BCUT2D eigenvalue weighted by atomic mass is 9.72. The number of H-pyrrole nitrogens is 2. The van der Waals surface area contributed by atoms with Gasteiger partial charge in [0.05, 0.1) is 13.2 Å². The summed E-state index contributed by atoms with van der Waals surface area (Å²) >= 11 is 0. The molecule has 2 aromatic heterocycles. The van der Waals surface area contributed by atoms with E-state index in [2.05, 4.69) is 58.1 Å². The summed E-state index contributed by atoms with van der Waals surface area (Å²) in [7, 11) is 2.27. The summed E-state index contributed by atoms with van der Waals surface area (Å²) in [5.41, 5.74) is 5.14. The first kappa shape index (κ1) is 22.6. The van der Waals surface area contributed by atoms with Crippen LogP contribution < -0.4 is 0 Å². The van der Waals surface area contributed by atoms with E-state index in [0.717, 1.165) is 31.3 Å². The highest BCUT2D eigenvalue weighted by molar-refractivity contribution is 5.81. The van der Waals surface area contributed by atoms with Crippen molar-refractivity contribution >= 4 is 10.9 Å². The average molecular weight is 451 g/mol. The van der Waals surface area contributed by atoms with Gasteiger partial charge in [-0.2, -0.15) is 0 Å². The molecule has 1 unspecified atom stereocenters. The lowest BCUT2D eigenvalue weighted by Gasteiger charge is -2.48. The highest BCUT2D eigenvalue weighted by Crippen LogP contribution is 2.42. The number of nitrogens with zero attached hydrogens (tertiary/aromatic N) is 2. The summed E-state index contributed by atoms with van der Waals surface area (Å²) in [6, 6.07) is 9.73. The van der Waals surface area contributed by atoms with Gasteiger partial charge in [0.25, 0.3) is 0 Å². The van der Waals surface area contributed by atoms with E-state index in [1.807, 2.05) is 27.0 Å². The zero-order valence-corrected chi connectivity index (χ0v) is 20.7. The van der Waals surface area contributed by atoms with Gasteiger partial charge < -0.3 is 19.4 Å². The van der Waals surface area contributed by atoms with Crippen molar-refractivity contribution in [1.82, 2.24) is 19.9 Å². The second-order valence-electron chi connectivity index (χ2n) is 10.9. The first-order chi connectivity index (χ1) is 15.7. The minimum absolute atomic E-state index is 0.219. The SMILES string of the molecule is Cc1ncc(C(C)c2cc3cc(CN(C)C4CCC5(CC4)COC(C)(C)OC5)ccc3[nH]2)[nH]1. The number of imidazole rings is 1. The zero-order chi connectivity index (χ0) is 23.2. The predicted molar refractivity (Wildman–Crippen MR) is 131 cm³/mol. The summed E-state index contributed by atoms with van der Waals surface area (Å²) in [6.45, 7) is 10.9. The molecule has 1 spiro atoms. The topological polar surface area (TPSA) is 66.2 Å². The molecule has 1 aliphatic heterocycles. The number of hydrogen-bond donors (Lipinski definition) is 2. The highest BCUT2D eigenvalue weighted by Gasteiger charge is 2.42. The Kier molecular flexibility index (Phi) is 5.88. The first-order valence-corrected chi connectivity index (χ1v) is 12.3. The maximum absolute atomic E-state index is 5.99. The van der Waals surface area contributed by atoms with Gasteiger partial charge in [0, 0.05) is 47.0 Å². The van der Waals surface area contributed by atoms with Crippen molar-refractivity contribution in [3.8, 4) is 0 Å². The first-order valence-electron chi connectivity index (χ1n) is 12.3. The summed E-state index contributed by atoms with van der Waals surface area (Å²) in [5, 5.41) is 1.28. The number of aromatic amines is 2. The van der Waals surface area contributed by atoms with E-state index in [1.54, 1.807) is 0 Å². The van der Waals surface area contributed by atoms with Crippen LogP contribution in [0.2, 0.25) is 0 Å². The molecule has 1 aliphatic carbocycles. The third-order valence-corrected chi connectivity index (χ3v) is 7.88. The second kappa shape index (κ2) is 8.57. The van der Waals surface area contributed by atoms with E-state index in [1.165, 1.54) is 47.8 Å². The Morgan fingerprint density at radius 3 is 2.48 bits per heavy atom. The fourth-order valence-corrected chi connectivity index (χ4v) is 5.46. The van der Waals surface area contributed by atoms with E-state index in [-0.39, 0.29) is 11.3 Å². The van der Waals surface area contributed by atoms with Crippen molar-refractivity contribution in [3.63, 3.8) is 0 Å². The molecule has 5 rings (SSSR count). The van der Waals surface area contributed by atoms with Crippen LogP contribution in [0.25, 0.3) is 10.9 Å². The van der Waals surface area contributed by atoms with Crippen LogP contribution in [0.15, 0.2) is 30.5 Å². The highest BCUT2D eigenvalue weighted by atomic mass is 16.7. The molecule has 3 heterocycles. The zero-order valence-electron chi connectivity index (χ0n) is 20.7. The van der Waals surface area contributed by atoms with Crippen LogP contribution in [-0.4, -0.2) is 51.9 Å². The van der Waals surface area contributed by atoms with Crippen molar-refractivity contribution in [2.75, 3.05) is 20.3 Å². The van der Waals surface area contributed by atoms with Crippen molar-refractivity contribution < 1.29 is 9.47 Å². The van der Waals surface area contributed by atoms with E-state index in [0.29, 0.717) is 6.04 Å². The molecule has 1 saturated carbocycles. The fourth-order valence-electron chi connectivity index (χ4n) is 5.46. The quantitative estimate of drug-likeness (QED) is 0.539. The molecular formula is C27H38N4O2. The van der Waals surface area contributed by atoms with Gasteiger partial charge in [-0.25, -0.2) is 4.98 Å². The standard InChI is InChI=1S/C27H38N4O2/c1-18(25-14-28-19(2)29-25)24-13-21-12-20(6-7-23(21)30-24)15-31(5)22-8-10-27(11-9-22)16-32-26(3,4)33-17-27/h6-7,12-14,18,22,30H,8-11,15-17H2,1-5H3,(H,28,29). The molecule has 6 nitrogen and oxygen atoms in total. The Labute approximate surface area is 197 Å². The Hall–Kier alpha value is -2.15. The van der Waals surface area contributed by atoms with E-state index in [4.69, 9.17) is 9.47 Å². The lowest BCUT2D eigenvalue weighted by Crippen LogP contribution is -2.50. The van der Waals surface area contributed by atoms with E-state index in [9.17, 15) is 0 Å². The van der Waals surface area contributed by atoms with E-state index < -0.39 is 5.79 Å². The number of benzene rings is 1. The molecule has 0 radical (unpaired) electrons. The number of hydrogen-bond acceptors (Lipinski definition) is 4. The van der Waals surface area contributed by atoms with Crippen LogP contribution in [0.1, 0.15) is 75.1 Å². The molecule has 178 valence electrons. The molecule has 1 saturated heterocycles. The van der Waals surface area contributed by atoms with Gasteiger partial charge in [-0.3, -0.25) is 4.90 Å². The maximum atomic E-state index is 5.99. The summed E-state index contributed by atoms with van der Waals surface area (Å²) in [6.07, 6.45) is 6.72. The van der Waals surface area contributed by atoms with Gasteiger partial charge >= 0.3 is 0 Å². The number of fused-ring (bicyclic) bond motifs is 1. The molecule has 0 amide bonds. The number of aromatic nitrogens is 3. The monoisotopic (exact) mass is 450 g/mol. The number of aryl methyl sites for hydroxylation is 1. The van der Waals surface area contributed by atoms with Gasteiger partial charge in [0.15, 0.2) is 5.79 Å². The van der Waals surface area contributed by atoms with Crippen molar-refractivity contribution in [3.05, 3.63) is 53.2 Å². The molecular weight excluding hydrogens is 412 g/mol. The van der Waals surface area contributed by atoms with Gasteiger partial charge in [0.2, 0.25) is 0 Å². The van der Waals surface area contributed by atoms with Crippen LogP contribution in [0.4, 0.5) is 0 Å². The second-order valence-corrected chi connectivity index (χ2v) is 10.9. The molecule has 2 aliphatic rings.